The fraction of sp³-hybridized carbons (Fsp3) is 0.0833. The van der Waals surface area contributed by atoms with E-state index in [1.807, 2.05) is 36.4 Å². The lowest BCUT2D eigenvalue weighted by Crippen LogP contribution is -1.96. The van der Waals surface area contributed by atoms with Gasteiger partial charge in [-0.1, -0.05) is 28.1 Å². The number of hydrogen-bond acceptors (Lipinski definition) is 2. The van der Waals surface area contributed by atoms with Crippen LogP contribution in [0.15, 0.2) is 51.5 Å². The standard InChI is InChI=1S/C12H9Br2NO/c13-10-3-1-2-9(6-10)8-16-12-5-4-11(14)7-15-12/h1-7H,8H2. The Kier molecular flexibility index (Phi) is 3.96. The van der Waals surface area contributed by atoms with Crippen LogP contribution in [0.1, 0.15) is 5.56 Å². The topological polar surface area (TPSA) is 22.1 Å². The summed E-state index contributed by atoms with van der Waals surface area (Å²) in [5.41, 5.74) is 1.11. The van der Waals surface area contributed by atoms with Gasteiger partial charge in [-0.3, -0.25) is 0 Å². The average molecular weight is 343 g/mol. The summed E-state index contributed by atoms with van der Waals surface area (Å²) in [6.45, 7) is 0.522. The molecular weight excluding hydrogens is 334 g/mol. The second-order valence-electron chi connectivity index (χ2n) is 3.23. The zero-order chi connectivity index (χ0) is 11.4. The lowest BCUT2D eigenvalue weighted by atomic mass is 10.2. The minimum absolute atomic E-state index is 0.522. The predicted octanol–water partition coefficient (Wildman–Crippen LogP) is 4.19. The van der Waals surface area contributed by atoms with Crippen molar-refractivity contribution in [3.63, 3.8) is 0 Å². The Morgan fingerprint density at radius 3 is 2.62 bits per heavy atom. The van der Waals surface area contributed by atoms with Crippen LogP contribution in [0.5, 0.6) is 5.88 Å². The number of halogens is 2. The monoisotopic (exact) mass is 341 g/mol. The first-order chi connectivity index (χ1) is 7.74. The summed E-state index contributed by atoms with van der Waals surface area (Å²) >= 11 is 6.75. The molecule has 16 heavy (non-hydrogen) atoms. The highest BCUT2D eigenvalue weighted by atomic mass is 79.9. The first-order valence-electron chi connectivity index (χ1n) is 4.73. The second kappa shape index (κ2) is 5.46. The number of pyridine rings is 1. The van der Waals surface area contributed by atoms with Crippen LogP contribution in [-0.4, -0.2) is 4.98 Å². The molecule has 2 rings (SSSR count). The molecule has 0 bridgehead atoms. The number of hydrogen-bond donors (Lipinski definition) is 0. The molecule has 0 spiro atoms. The van der Waals surface area contributed by atoms with Crippen molar-refractivity contribution < 1.29 is 4.74 Å². The van der Waals surface area contributed by atoms with Crippen LogP contribution < -0.4 is 4.74 Å². The van der Waals surface area contributed by atoms with E-state index in [0.717, 1.165) is 14.5 Å². The summed E-state index contributed by atoms with van der Waals surface area (Å²) in [5, 5.41) is 0. The van der Waals surface area contributed by atoms with Crippen molar-refractivity contribution in [1.82, 2.24) is 4.98 Å². The molecule has 0 radical (unpaired) electrons. The van der Waals surface area contributed by atoms with Gasteiger partial charge in [0, 0.05) is 21.2 Å². The van der Waals surface area contributed by atoms with Gasteiger partial charge in [0.05, 0.1) is 0 Å². The Labute approximate surface area is 111 Å². The summed E-state index contributed by atoms with van der Waals surface area (Å²) < 4.78 is 7.55. The molecule has 1 aromatic heterocycles. The molecule has 4 heteroatoms. The van der Waals surface area contributed by atoms with E-state index < -0.39 is 0 Å². The first-order valence-corrected chi connectivity index (χ1v) is 6.31. The van der Waals surface area contributed by atoms with Gasteiger partial charge in [0.15, 0.2) is 0 Å². The fourth-order valence-electron chi connectivity index (χ4n) is 1.23. The SMILES string of the molecule is Brc1ccc(OCc2cccc(Br)c2)nc1. The van der Waals surface area contributed by atoms with Gasteiger partial charge in [0.25, 0.3) is 0 Å². The van der Waals surface area contributed by atoms with Crippen molar-refractivity contribution in [2.75, 3.05) is 0 Å². The third-order valence-corrected chi connectivity index (χ3v) is 2.94. The van der Waals surface area contributed by atoms with Crippen LogP contribution in [-0.2, 0) is 6.61 Å². The molecule has 0 aliphatic rings. The van der Waals surface area contributed by atoms with E-state index in [0.29, 0.717) is 12.5 Å². The van der Waals surface area contributed by atoms with E-state index in [1.165, 1.54) is 0 Å². The Balaban J connectivity index is 1.99. The Bertz CT molecular complexity index is 471. The largest absolute Gasteiger partial charge is 0.473 e. The highest BCUT2D eigenvalue weighted by Gasteiger charge is 1.97. The normalized spacial score (nSPS) is 10.1. The van der Waals surface area contributed by atoms with Crippen molar-refractivity contribution in [1.29, 1.82) is 0 Å². The first kappa shape index (κ1) is 11.6. The van der Waals surface area contributed by atoms with Gasteiger partial charge >= 0.3 is 0 Å². The summed E-state index contributed by atoms with van der Waals surface area (Å²) in [6, 6.07) is 11.8. The molecular formula is C12H9Br2NO. The van der Waals surface area contributed by atoms with Gasteiger partial charge in [-0.25, -0.2) is 4.98 Å². The van der Waals surface area contributed by atoms with Gasteiger partial charge < -0.3 is 4.74 Å². The molecule has 0 N–H and O–H groups in total. The van der Waals surface area contributed by atoms with Crippen molar-refractivity contribution in [3.05, 3.63) is 57.1 Å². The molecule has 2 aromatic rings. The smallest absolute Gasteiger partial charge is 0.213 e. The predicted molar refractivity (Wildman–Crippen MR) is 70.4 cm³/mol. The van der Waals surface area contributed by atoms with Crippen LogP contribution >= 0.6 is 31.9 Å². The highest BCUT2D eigenvalue weighted by molar-refractivity contribution is 9.10. The number of rotatable bonds is 3. The molecule has 0 saturated heterocycles. The molecule has 0 unspecified atom stereocenters. The molecule has 0 fully saturated rings. The van der Waals surface area contributed by atoms with E-state index in [1.54, 1.807) is 6.20 Å². The number of aromatic nitrogens is 1. The van der Waals surface area contributed by atoms with Crippen molar-refractivity contribution in [2.24, 2.45) is 0 Å². The van der Waals surface area contributed by atoms with E-state index in [-0.39, 0.29) is 0 Å². The van der Waals surface area contributed by atoms with E-state index in [9.17, 15) is 0 Å². The van der Waals surface area contributed by atoms with Gasteiger partial charge in [-0.15, -0.1) is 0 Å². The molecule has 82 valence electrons. The summed E-state index contributed by atoms with van der Waals surface area (Å²) in [4.78, 5) is 4.13. The Hall–Kier alpha value is -0.870. The van der Waals surface area contributed by atoms with E-state index >= 15 is 0 Å². The van der Waals surface area contributed by atoms with Crippen LogP contribution in [0.25, 0.3) is 0 Å². The van der Waals surface area contributed by atoms with Crippen LogP contribution in [0, 0.1) is 0 Å². The highest BCUT2D eigenvalue weighted by Crippen LogP contribution is 2.15. The van der Waals surface area contributed by atoms with Crippen molar-refractivity contribution >= 4 is 31.9 Å². The summed E-state index contributed by atoms with van der Waals surface area (Å²) in [5.74, 6) is 0.628. The summed E-state index contributed by atoms with van der Waals surface area (Å²) in [7, 11) is 0. The maximum absolute atomic E-state index is 5.55. The maximum Gasteiger partial charge on any atom is 0.213 e. The minimum Gasteiger partial charge on any atom is -0.473 e. The van der Waals surface area contributed by atoms with Gasteiger partial charge in [-0.05, 0) is 39.7 Å². The molecule has 2 nitrogen and oxygen atoms in total. The number of ether oxygens (including phenoxy) is 1. The van der Waals surface area contributed by atoms with E-state index in [2.05, 4.69) is 36.8 Å². The Morgan fingerprint density at radius 1 is 1.06 bits per heavy atom. The fourth-order valence-corrected chi connectivity index (χ4v) is 1.91. The third kappa shape index (κ3) is 3.32. The quantitative estimate of drug-likeness (QED) is 0.834. The van der Waals surface area contributed by atoms with Gasteiger partial charge in [-0.2, -0.15) is 0 Å². The van der Waals surface area contributed by atoms with Crippen molar-refractivity contribution in [2.45, 2.75) is 6.61 Å². The molecule has 1 heterocycles. The lowest BCUT2D eigenvalue weighted by Gasteiger charge is -2.05. The second-order valence-corrected chi connectivity index (χ2v) is 5.06. The zero-order valence-corrected chi connectivity index (χ0v) is 11.5. The average Bonchev–Trinajstić information content (AvgIpc) is 2.28. The number of nitrogens with zero attached hydrogens (tertiary/aromatic N) is 1. The summed E-state index contributed by atoms with van der Waals surface area (Å²) in [6.07, 6.45) is 1.72. The molecule has 0 amide bonds. The lowest BCUT2D eigenvalue weighted by molar-refractivity contribution is 0.294. The van der Waals surface area contributed by atoms with Crippen LogP contribution in [0.4, 0.5) is 0 Å². The number of benzene rings is 1. The third-order valence-electron chi connectivity index (χ3n) is 1.98. The molecule has 0 saturated carbocycles. The van der Waals surface area contributed by atoms with E-state index in [4.69, 9.17) is 4.74 Å². The van der Waals surface area contributed by atoms with Gasteiger partial charge in [0.1, 0.15) is 6.61 Å². The maximum atomic E-state index is 5.55. The van der Waals surface area contributed by atoms with Crippen LogP contribution in [0.2, 0.25) is 0 Å². The molecule has 0 aliphatic carbocycles. The molecule has 0 atom stereocenters. The van der Waals surface area contributed by atoms with Crippen LogP contribution in [0.3, 0.4) is 0 Å². The minimum atomic E-state index is 0.522. The molecule has 0 aliphatic heterocycles. The van der Waals surface area contributed by atoms with Gasteiger partial charge in [0.2, 0.25) is 5.88 Å². The Morgan fingerprint density at radius 2 is 1.94 bits per heavy atom. The zero-order valence-electron chi connectivity index (χ0n) is 8.36. The van der Waals surface area contributed by atoms with Crippen molar-refractivity contribution in [3.8, 4) is 5.88 Å². The molecule has 1 aromatic carbocycles.